The van der Waals surface area contributed by atoms with E-state index in [4.69, 9.17) is 17.4 Å². The molecule has 3 nitrogen and oxygen atoms in total. The van der Waals surface area contributed by atoms with Crippen LogP contribution in [0, 0.1) is 0 Å². The van der Waals surface area contributed by atoms with Gasteiger partial charge in [-0.25, -0.2) is 0 Å². The third-order valence-electron chi connectivity index (χ3n) is 2.00. The van der Waals surface area contributed by atoms with Crippen LogP contribution in [0.1, 0.15) is 30.9 Å². The SMILES string of the molecule is CC(C)c1cc(Cl)c(O)c(C=NN)c1. The first-order valence-electron chi connectivity index (χ1n) is 4.32. The Morgan fingerprint density at radius 1 is 1.50 bits per heavy atom. The van der Waals surface area contributed by atoms with Crippen LogP contribution in [-0.4, -0.2) is 11.3 Å². The normalized spacial score (nSPS) is 11.4. The Morgan fingerprint density at radius 2 is 2.14 bits per heavy atom. The van der Waals surface area contributed by atoms with E-state index < -0.39 is 0 Å². The minimum Gasteiger partial charge on any atom is -0.506 e. The van der Waals surface area contributed by atoms with Gasteiger partial charge in [0.2, 0.25) is 0 Å². The maximum atomic E-state index is 9.56. The van der Waals surface area contributed by atoms with Crippen molar-refractivity contribution in [2.45, 2.75) is 19.8 Å². The van der Waals surface area contributed by atoms with Gasteiger partial charge in [-0.3, -0.25) is 0 Å². The fourth-order valence-corrected chi connectivity index (χ4v) is 1.39. The molecule has 0 aliphatic carbocycles. The van der Waals surface area contributed by atoms with Crippen LogP contribution in [-0.2, 0) is 0 Å². The minimum absolute atomic E-state index is 0.0188. The first kappa shape index (κ1) is 10.9. The Morgan fingerprint density at radius 3 is 2.64 bits per heavy atom. The van der Waals surface area contributed by atoms with E-state index in [-0.39, 0.29) is 5.75 Å². The molecule has 0 amide bonds. The summed E-state index contributed by atoms with van der Waals surface area (Å²) in [5, 5.41) is 13.2. The summed E-state index contributed by atoms with van der Waals surface area (Å²) in [6, 6.07) is 3.57. The molecule has 0 fully saturated rings. The Balaban J connectivity index is 3.28. The summed E-state index contributed by atoms with van der Waals surface area (Å²) in [6.45, 7) is 4.10. The van der Waals surface area contributed by atoms with Crippen LogP contribution in [0.5, 0.6) is 5.75 Å². The number of phenolic OH excluding ortho intramolecular Hbond substituents is 1. The lowest BCUT2D eigenvalue weighted by Crippen LogP contribution is -1.93. The predicted molar refractivity (Wildman–Crippen MR) is 59.0 cm³/mol. The molecule has 3 N–H and O–H groups in total. The van der Waals surface area contributed by atoms with Crippen molar-refractivity contribution in [2.24, 2.45) is 10.9 Å². The second-order valence-corrected chi connectivity index (χ2v) is 3.78. The van der Waals surface area contributed by atoms with Gasteiger partial charge in [0, 0.05) is 5.56 Å². The second-order valence-electron chi connectivity index (χ2n) is 3.37. The molecule has 0 aromatic heterocycles. The van der Waals surface area contributed by atoms with Crippen molar-refractivity contribution in [2.75, 3.05) is 0 Å². The molecule has 0 heterocycles. The van der Waals surface area contributed by atoms with E-state index in [0.717, 1.165) is 5.56 Å². The zero-order valence-corrected chi connectivity index (χ0v) is 8.92. The molecular weight excluding hydrogens is 200 g/mol. The van der Waals surface area contributed by atoms with Gasteiger partial charge >= 0.3 is 0 Å². The van der Waals surface area contributed by atoms with Gasteiger partial charge < -0.3 is 10.9 Å². The first-order valence-corrected chi connectivity index (χ1v) is 4.69. The Labute approximate surface area is 88.2 Å². The molecule has 0 bridgehead atoms. The minimum atomic E-state index is 0.0188. The van der Waals surface area contributed by atoms with Crippen molar-refractivity contribution in [1.82, 2.24) is 0 Å². The summed E-state index contributed by atoms with van der Waals surface area (Å²) in [4.78, 5) is 0. The van der Waals surface area contributed by atoms with E-state index in [2.05, 4.69) is 5.10 Å². The van der Waals surface area contributed by atoms with Gasteiger partial charge in [-0.1, -0.05) is 25.4 Å². The standard InChI is InChI=1S/C10H13ClN2O/c1-6(2)7-3-8(5-13-12)10(14)9(11)4-7/h3-6,14H,12H2,1-2H3. The number of hydrogen-bond acceptors (Lipinski definition) is 3. The van der Waals surface area contributed by atoms with Crippen molar-refractivity contribution in [3.63, 3.8) is 0 Å². The number of benzene rings is 1. The molecule has 1 rings (SSSR count). The number of hydrogen-bond donors (Lipinski definition) is 2. The summed E-state index contributed by atoms with van der Waals surface area (Å²) in [6.07, 6.45) is 1.38. The Kier molecular flexibility index (Phi) is 3.36. The van der Waals surface area contributed by atoms with Crippen molar-refractivity contribution in [3.8, 4) is 5.75 Å². The van der Waals surface area contributed by atoms with E-state index in [1.165, 1.54) is 6.21 Å². The topological polar surface area (TPSA) is 58.6 Å². The van der Waals surface area contributed by atoms with Gasteiger partial charge in [0.15, 0.2) is 0 Å². The molecule has 0 atom stereocenters. The lowest BCUT2D eigenvalue weighted by molar-refractivity contribution is 0.474. The van der Waals surface area contributed by atoms with Crippen molar-refractivity contribution in [1.29, 1.82) is 0 Å². The molecule has 76 valence electrons. The quantitative estimate of drug-likeness (QED) is 0.450. The monoisotopic (exact) mass is 212 g/mol. The molecular formula is C10H13ClN2O. The molecule has 4 heteroatoms. The Bertz CT molecular complexity index is 361. The second kappa shape index (κ2) is 4.33. The van der Waals surface area contributed by atoms with Crippen LogP contribution in [0.15, 0.2) is 17.2 Å². The number of nitrogens with two attached hydrogens (primary N) is 1. The molecule has 0 aliphatic heterocycles. The highest BCUT2D eigenvalue weighted by Crippen LogP contribution is 2.30. The van der Waals surface area contributed by atoms with E-state index in [0.29, 0.717) is 16.5 Å². The summed E-state index contributed by atoms with van der Waals surface area (Å²) in [5.74, 6) is 5.39. The van der Waals surface area contributed by atoms with Gasteiger partial charge in [0.05, 0.1) is 11.2 Å². The number of hydrazone groups is 1. The first-order chi connectivity index (χ1) is 6.56. The fourth-order valence-electron chi connectivity index (χ4n) is 1.15. The van der Waals surface area contributed by atoms with E-state index in [1.54, 1.807) is 6.07 Å². The van der Waals surface area contributed by atoms with Crippen molar-refractivity contribution < 1.29 is 5.11 Å². The maximum absolute atomic E-state index is 9.56. The molecule has 0 aliphatic rings. The zero-order chi connectivity index (χ0) is 10.7. The number of rotatable bonds is 2. The van der Waals surface area contributed by atoms with Crippen molar-refractivity contribution in [3.05, 3.63) is 28.3 Å². The molecule has 0 saturated heterocycles. The zero-order valence-electron chi connectivity index (χ0n) is 8.16. The van der Waals surface area contributed by atoms with Crippen LogP contribution in [0.3, 0.4) is 0 Å². The highest BCUT2D eigenvalue weighted by molar-refractivity contribution is 6.32. The van der Waals surface area contributed by atoms with Gasteiger partial charge in [0.25, 0.3) is 0 Å². The van der Waals surface area contributed by atoms with Gasteiger partial charge in [-0.15, -0.1) is 0 Å². The lowest BCUT2D eigenvalue weighted by Gasteiger charge is -2.09. The molecule has 0 unspecified atom stereocenters. The molecule has 0 spiro atoms. The van der Waals surface area contributed by atoms with E-state index >= 15 is 0 Å². The Hall–Kier alpha value is -1.22. The molecule has 1 aromatic carbocycles. The molecule has 0 saturated carbocycles. The number of halogens is 1. The fraction of sp³-hybridized carbons (Fsp3) is 0.300. The van der Waals surface area contributed by atoms with Gasteiger partial charge in [0.1, 0.15) is 5.75 Å². The van der Waals surface area contributed by atoms with E-state index in [9.17, 15) is 5.11 Å². The van der Waals surface area contributed by atoms with Crippen LogP contribution >= 0.6 is 11.6 Å². The third-order valence-corrected chi connectivity index (χ3v) is 2.28. The summed E-state index contributed by atoms with van der Waals surface area (Å²) in [7, 11) is 0. The summed E-state index contributed by atoms with van der Waals surface area (Å²) >= 11 is 5.85. The van der Waals surface area contributed by atoms with Crippen molar-refractivity contribution >= 4 is 17.8 Å². The molecule has 0 radical (unpaired) electrons. The maximum Gasteiger partial charge on any atom is 0.143 e. The van der Waals surface area contributed by atoms with Crippen LogP contribution in [0.2, 0.25) is 5.02 Å². The average Bonchev–Trinajstić information content (AvgIpc) is 2.12. The predicted octanol–water partition coefficient (Wildman–Crippen LogP) is 2.46. The lowest BCUT2D eigenvalue weighted by atomic mass is 10.0. The third kappa shape index (κ3) is 2.17. The summed E-state index contributed by atoms with van der Waals surface area (Å²) in [5.41, 5.74) is 1.59. The van der Waals surface area contributed by atoms with Gasteiger partial charge in [-0.05, 0) is 23.6 Å². The molecule has 14 heavy (non-hydrogen) atoms. The number of aromatic hydroxyl groups is 1. The number of nitrogens with zero attached hydrogens (tertiary/aromatic N) is 1. The molecule has 1 aromatic rings. The summed E-state index contributed by atoms with van der Waals surface area (Å²) < 4.78 is 0. The number of phenols is 1. The van der Waals surface area contributed by atoms with Gasteiger partial charge in [-0.2, -0.15) is 5.10 Å². The van der Waals surface area contributed by atoms with Crippen LogP contribution in [0.4, 0.5) is 0 Å². The van der Waals surface area contributed by atoms with Crippen LogP contribution in [0.25, 0.3) is 0 Å². The van der Waals surface area contributed by atoms with Crippen LogP contribution < -0.4 is 5.84 Å². The highest BCUT2D eigenvalue weighted by atomic mass is 35.5. The smallest absolute Gasteiger partial charge is 0.143 e. The largest absolute Gasteiger partial charge is 0.506 e. The highest BCUT2D eigenvalue weighted by Gasteiger charge is 2.08. The van der Waals surface area contributed by atoms with E-state index in [1.807, 2.05) is 19.9 Å². The average molecular weight is 213 g/mol.